The van der Waals surface area contributed by atoms with Crippen molar-refractivity contribution in [1.29, 1.82) is 0 Å². The van der Waals surface area contributed by atoms with Crippen LogP contribution in [0.25, 0.3) is 0 Å². The van der Waals surface area contributed by atoms with Gasteiger partial charge in [-0.2, -0.15) is 0 Å². The molecular formula is C10H17NO2. The zero-order valence-corrected chi connectivity index (χ0v) is 7.92. The van der Waals surface area contributed by atoms with Crippen LogP contribution < -0.4 is 5.32 Å². The topological polar surface area (TPSA) is 33.8 Å². The first-order valence-corrected chi connectivity index (χ1v) is 5.07. The molecule has 13 heavy (non-hydrogen) atoms. The highest BCUT2D eigenvalue weighted by molar-refractivity contribution is 5.09. The number of allylic oxidation sites excluding steroid dienone is 2. The molecule has 0 aromatic rings. The predicted molar refractivity (Wildman–Crippen MR) is 50.5 cm³/mol. The molecule has 3 heteroatoms. The lowest BCUT2D eigenvalue weighted by Gasteiger charge is -2.16. The van der Waals surface area contributed by atoms with Crippen LogP contribution in [-0.2, 0) is 9.47 Å². The number of nitrogens with one attached hydrogen (secondary N) is 1. The molecule has 0 saturated carbocycles. The molecule has 3 nitrogen and oxygen atoms in total. The number of ether oxygens (including phenoxy) is 2. The summed E-state index contributed by atoms with van der Waals surface area (Å²) in [7, 11) is 0. The van der Waals surface area contributed by atoms with Crippen molar-refractivity contribution in [2.75, 3.05) is 26.4 Å². The molecule has 0 spiro atoms. The summed E-state index contributed by atoms with van der Waals surface area (Å²) in [5, 5.41) is 3.37. The number of rotatable bonds is 7. The molecule has 0 aromatic heterocycles. The smallest absolute Gasteiger partial charge is 0.104 e. The highest BCUT2D eigenvalue weighted by Crippen LogP contribution is 2.13. The minimum absolute atomic E-state index is 0.405. The quantitative estimate of drug-likeness (QED) is 0.473. The van der Waals surface area contributed by atoms with Crippen molar-refractivity contribution in [3.63, 3.8) is 0 Å². The van der Waals surface area contributed by atoms with Gasteiger partial charge in [0.2, 0.25) is 0 Å². The van der Waals surface area contributed by atoms with Crippen LogP contribution >= 0.6 is 0 Å². The fourth-order valence-corrected chi connectivity index (χ4v) is 1.25. The Morgan fingerprint density at radius 1 is 1.62 bits per heavy atom. The zero-order chi connectivity index (χ0) is 8.93. The second-order valence-electron chi connectivity index (χ2n) is 3.58. The summed E-state index contributed by atoms with van der Waals surface area (Å²) in [5.41, 5.74) is 1.41. The summed E-state index contributed by atoms with van der Waals surface area (Å²) in [4.78, 5) is 0. The second-order valence-corrected chi connectivity index (χ2v) is 3.58. The highest BCUT2D eigenvalue weighted by Gasteiger charge is 2.21. The maximum absolute atomic E-state index is 5.41. The van der Waals surface area contributed by atoms with Gasteiger partial charge in [0.05, 0.1) is 13.2 Å². The lowest BCUT2D eigenvalue weighted by atomic mass is 10.1. The average Bonchev–Trinajstić information content (AvgIpc) is 2.83. The van der Waals surface area contributed by atoms with Crippen LogP contribution in [0, 0.1) is 0 Å². The van der Waals surface area contributed by atoms with Gasteiger partial charge in [-0.1, -0.05) is 6.08 Å². The Hall–Kier alpha value is -0.540. The van der Waals surface area contributed by atoms with E-state index in [4.69, 9.17) is 9.47 Å². The van der Waals surface area contributed by atoms with E-state index in [2.05, 4.69) is 11.4 Å². The fraction of sp³-hybridized carbons (Fsp3) is 0.800. The van der Waals surface area contributed by atoms with Gasteiger partial charge in [-0.15, -0.1) is 0 Å². The van der Waals surface area contributed by atoms with Crippen molar-refractivity contribution in [3.05, 3.63) is 11.8 Å². The van der Waals surface area contributed by atoms with Gasteiger partial charge >= 0.3 is 0 Å². The van der Waals surface area contributed by atoms with Crippen molar-refractivity contribution in [2.24, 2.45) is 0 Å². The minimum Gasteiger partial charge on any atom is -0.389 e. The molecule has 0 amide bonds. The Labute approximate surface area is 79.1 Å². The molecule has 1 N–H and O–H groups in total. The van der Waals surface area contributed by atoms with E-state index in [9.17, 15) is 0 Å². The molecule has 2 aliphatic rings. The summed E-state index contributed by atoms with van der Waals surface area (Å²) in [6.45, 7) is 3.56. The molecule has 0 bridgehead atoms. The molecule has 74 valence electrons. The van der Waals surface area contributed by atoms with Crippen molar-refractivity contribution >= 4 is 0 Å². The van der Waals surface area contributed by atoms with Crippen LogP contribution in [0.2, 0.25) is 0 Å². The van der Waals surface area contributed by atoms with Crippen LogP contribution in [-0.4, -0.2) is 32.5 Å². The normalized spacial score (nSPS) is 24.9. The van der Waals surface area contributed by atoms with Crippen LogP contribution in [0.4, 0.5) is 0 Å². The van der Waals surface area contributed by atoms with Crippen LogP contribution in [0.3, 0.4) is 0 Å². The molecule has 0 radical (unpaired) electrons. The average molecular weight is 183 g/mol. The van der Waals surface area contributed by atoms with Gasteiger partial charge in [-0.25, -0.2) is 0 Å². The molecular weight excluding hydrogens is 166 g/mol. The molecule has 1 fully saturated rings. The Bertz CT molecular complexity index is 187. The lowest BCUT2D eigenvalue weighted by Crippen LogP contribution is -2.19. The van der Waals surface area contributed by atoms with E-state index in [-0.39, 0.29) is 0 Å². The van der Waals surface area contributed by atoms with E-state index < -0.39 is 0 Å². The highest BCUT2D eigenvalue weighted by atomic mass is 16.6. The van der Waals surface area contributed by atoms with E-state index in [0.717, 1.165) is 32.8 Å². The van der Waals surface area contributed by atoms with Gasteiger partial charge < -0.3 is 14.8 Å². The number of hydrogen-bond donors (Lipinski definition) is 1. The van der Waals surface area contributed by atoms with Gasteiger partial charge in [0, 0.05) is 18.8 Å². The minimum atomic E-state index is 0.405. The van der Waals surface area contributed by atoms with Gasteiger partial charge in [0.15, 0.2) is 0 Å². The largest absolute Gasteiger partial charge is 0.389 e. The van der Waals surface area contributed by atoms with Crippen LogP contribution in [0.5, 0.6) is 0 Å². The standard InChI is InChI=1S/C10H17NO2/c1-3-9(4-1)11-5-2-6-12-7-10-8-13-10/h3,10-11H,1-2,4-8H2. The van der Waals surface area contributed by atoms with Crippen molar-refractivity contribution in [2.45, 2.75) is 25.4 Å². The van der Waals surface area contributed by atoms with E-state index in [1.54, 1.807) is 0 Å². The maximum atomic E-state index is 5.41. The van der Waals surface area contributed by atoms with Gasteiger partial charge in [-0.3, -0.25) is 0 Å². The molecule has 2 rings (SSSR count). The SMILES string of the molecule is C1=C(NCCCOCC2CO2)CC1. The second kappa shape index (κ2) is 4.63. The summed E-state index contributed by atoms with van der Waals surface area (Å²) in [6.07, 6.45) is 6.22. The third-order valence-electron chi connectivity index (χ3n) is 2.33. The number of epoxide rings is 1. The fourth-order valence-electron chi connectivity index (χ4n) is 1.25. The summed E-state index contributed by atoms with van der Waals surface area (Å²) < 4.78 is 10.4. The lowest BCUT2D eigenvalue weighted by molar-refractivity contribution is 0.114. The first kappa shape index (κ1) is 9.03. The van der Waals surface area contributed by atoms with E-state index in [1.807, 2.05) is 0 Å². The van der Waals surface area contributed by atoms with Crippen molar-refractivity contribution < 1.29 is 9.47 Å². The summed E-state index contributed by atoms with van der Waals surface area (Å²) in [5.74, 6) is 0. The van der Waals surface area contributed by atoms with Crippen LogP contribution in [0.1, 0.15) is 19.3 Å². The molecule has 1 unspecified atom stereocenters. The van der Waals surface area contributed by atoms with Crippen molar-refractivity contribution in [3.8, 4) is 0 Å². The van der Waals surface area contributed by atoms with Gasteiger partial charge in [0.1, 0.15) is 6.10 Å². The van der Waals surface area contributed by atoms with E-state index in [0.29, 0.717) is 6.10 Å². The number of hydrogen-bond acceptors (Lipinski definition) is 3. The molecule has 1 heterocycles. The monoisotopic (exact) mass is 183 g/mol. The van der Waals surface area contributed by atoms with Gasteiger partial charge in [-0.05, 0) is 19.3 Å². The molecule has 1 atom stereocenters. The molecule has 1 aliphatic carbocycles. The predicted octanol–water partition coefficient (Wildman–Crippen LogP) is 1.06. The first-order chi connectivity index (χ1) is 6.45. The van der Waals surface area contributed by atoms with Gasteiger partial charge in [0.25, 0.3) is 0 Å². The third-order valence-corrected chi connectivity index (χ3v) is 2.33. The molecule has 0 aromatic carbocycles. The molecule has 1 saturated heterocycles. The Morgan fingerprint density at radius 2 is 2.46 bits per heavy atom. The summed E-state index contributed by atoms with van der Waals surface area (Å²) >= 11 is 0. The van der Waals surface area contributed by atoms with E-state index >= 15 is 0 Å². The van der Waals surface area contributed by atoms with Crippen LogP contribution in [0.15, 0.2) is 11.8 Å². The Kier molecular flexibility index (Phi) is 3.22. The Morgan fingerprint density at radius 3 is 3.08 bits per heavy atom. The third kappa shape index (κ3) is 3.36. The summed E-state index contributed by atoms with van der Waals surface area (Å²) in [6, 6.07) is 0. The van der Waals surface area contributed by atoms with E-state index in [1.165, 1.54) is 18.5 Å². The first-order valence-electron chi connectivity index (χ1n) is 5.07. The van der Waals surface area contributed by atoms with Crippen molar-refractivity contribution in [1.82, 2.24) is 5.32 Å². The maximum Gasteiger partial charge on any atom is 0.104 e. The zero-order valence-electron chi connectivity index (χ0n) is 7.92. The molecule has 1 aliphatic heterocycles. The Balaban J connectivity index is 1.36.